The summed E-state index contributed by atoms with van der Waals surface area (Å²) in [6, 6.07) is 14.6. The first kappa shape index (κ1) is 13.7. The first-order valence-corrected chi connectivity index (χ1v) is 7.28. The molecule has 1 aromatic carbocycles. The first-order chi connectivity index (χ1) is 10.3. The van der Waals surface area contributed by atoms with E-state index in [1.165, 1.54) is 16.5 Å². The maximum atomic E-state index is 4.58. The summed E-state index contributed by atoms with van der Waals surface area (Å²) < 4.78 is 0. The number of hydrogen-bond donors (Lipinski definition) is 1. The summed E-state index contributed by atoms with van der Waals surface area (Å²) in [7, 11) is 0. The summed E-state index contributed by atoms with van der Waals surface area (Å²) in [6.45, 7) is 3.86. The zero-order chi connectivity index (χ0) is 14.5. The molecule has 3 rings (SSSR count). The van der Waals surface area contributed by atoms with Crippen LogP contribution in [0, 0.1) is 6.92 Å². The highest BCUT2D eigenvalue weighted by atomic mass is 14.8. The van der Waals surface area contributed by atoms with Gasteiger partial charge in [-0.25, -0.2) is 0 Å². The fourth-order valence-corrected chi connectivity index (χ4v) is 2.54. The summed E-state index contributed by atoms with van der Waals surface area (Å²) in [5, 5.41) is 4.75. The zero-order valence-corrected chi connectivity index (χ0v) is 12.2. The van der Waals surface area contributed by atoms with Gasteiger partial charge in [-0.3, -0.25) is 9.97 Å². The molecule has 0 radical (unpaired) electrons. The Morgan fingerprint density at radius 2 is 2.00 bits per heavy atom. The van der Waals surface area contributed by atoms with Crippen molar-refractivity contribution in [2.45, 2.75) is 19.9 Å². The molecule has 2 heterocycles. The number of hydrogen-bond acceptors (Lipinski definition) is 3. The maximum absolute atomic E-state index is 4.58. The Kier molecular flexibility index (Phi) is 4.22. The Hall–Kier alpha value is -2.26. The van der Waals surface area contributed by atoms with E-state index in [1.807, 2.05) is 31.5 Å². The number of fused-ring (bicyclic) bond motifs is 1. The van der Waals surface area contributed by atoms with Crippen molar-refractivity contribution in [3.63, 3.8) is 0 Å². The van der Waals surface area contributed by atoms with Crippen LogP contribution in [0.25, 0.3) is 10.9 Å². The highest BCUT2D eigenvalue weighted by Crippen LogP contribution is 2.17. The smallest absolute Gasteiger partial charge is 0.0708 e. The minimum absolute atomic E-state index is 0.865. The van der Waals surface area contributed by atoms with Crippen LogP contribution in [0.1, 0.15) is 16.8 Å². The summed E-state index contributed by atoms with van der Waals surface area (Å²) in [5.74, 6) is 0. The van der Waals surface area contributed by atoms with E-state index in [4.69, 9.17) is 0 Å². The average molecular weight is 277 g/mol. The molecule has 3 aromatic rings. The molecule has 3 nitrogen and oxygen atoms in total. The van der Waals surface area contributed by atoms with E-state index in [9.17, 15) is 0 Å². The number of aryl methyl sites for hydroxylation is 1. The molecule has 0 spiro atoms. The van der Waals surface area contributed by atoms with Crippen molar-refractivity contribution >= 4 is 10.9 Å². The number of rotatable bonds is 5. The van der Waals surface area contributed by atoms with Gasteiger partial charge in [0.2, 0.25) is 0 Å². The fraction of sp³-hybridized carbons (Fsp3) is 0.222. The van der Waals surface area contributed by atoms with E-state index >= 15 is 0 Å². The number of nitrogens with zero attached hydrogens (tertiary/aromatic N) is 2. The van der Waals surface area contributed by atoms with Crippen molar-refractivity contribution < 1.29 is 0 Å². The van der Waals surface area contributed by atoms with Gasteiger partial charge < -0.3 is 5.32 Å². The quantitative estimate of drug-likeness (QED) is 0.727. The molecule has 0 aliphatic heterocycles. The minimum Gasteiger partial charge on any atom is -0.312 e. The molecule has 0 unspecified atom stereocenters. The molecule has 0 fully saturated rings. The average Bonchev–Trinajstić information content (AvgIpc) is 2.52. The SMILES string of the molecule is Cc1cc(CNCCc2cccnc2)c2ccccc2n1. The normalized spacial score (nSPS) is 10.9. The van der Waals surface area contributed by atoms with Gasteiger partial charge in [-0.2, -0.15) is 0 Å². The summed E-state index contributed by atoms with van der Waals surface area (Å²) in [4.78, 5) is 8.71. The minimum atomic E-state index is 0.865. The molecule has 0 amide bonds. The number of benzene rings is 1. The Bertz CT molecular complexity index is 723. The predicted molar refractivity (Wildman–Crippen MR) is 86.1 cm³/mol. The molecule has 0 saturated carbocycles. The predicted octanol–water partition coefficient (Wildman–Crippen LogP) is 3.27. The van der Waals surface area contributed by atoms with Crippen molar-refractivity contribution in [3.8, 4) is 0 Å². The highest BCUT2D eigenvalue weighted by Gasteiger charge is 2.03. The third kappa shape index (κ3) is 3.44. The van der Waals surface area contributed by atoms with Crippen LogP contribution in [0.4, 0.5) is 0 Å². The van der Waals surface area contributed by atoms with E-state index in [0.717, 1.165) is 30.7 Å². The Balaban J connectivity index is 1.65. The van der Waals surface area contributed by atoms with Gasteiger partial charge in [-0.1, -0.05) is 24.3 Å². The van der Waals surface area contributed by atoms with Gasteiger partial charge in [-0.15, -0.1) is 0 Å². The Morgan fingerprint density at radius 3 is 2.86 bits per heavy atom. The molecular weight excluding hydrogens is 258 g/mol. The molecule has 2 aromatic heterocycles. The standard InChI is InChI=1S/C18H19N3/c1-14-11-16(17-6-2-3-7-18(17)21-14)13-20-10-8-15-5-4-9-19-12-15/h2-7,9,11-12,20H,8,10,13H2,1H3. The van der Waals surface area contributed by atoms with Crippen molar-refractivity contribution in [2.24, 2.45) is 0 Å². The molecule has 21 heavy (non-hydrogen) atoms. The molecule has 0 aliphatic carbocycles. The summed E-state index contributed by atoms with van der Waals surface area (Å²) in [5.41, 5.74) is 4.71. The fourth-order valence-electron chi connectivity index (χ4n) is 2.54. The molecule has 0 saturated heterocycles. The molecule has 0 atom stereocenters. The van der Waals surface area contributed by atoms with E-state index in [2.05, 4.69) is 45.6 Å². The van der Waals surface area contributed by atoms with E-state index in [-0.39, 0.29) is 0 Å². The second kappa shape index (κ2) is 6.46. The van der Waals surface area contributed by atoms with Gasteiger partial charge in [0, 0.05) is 30.0 Å². The van der Waals surface area contributed by atoms with Crippen LogP contribution in [0.15, 0.2) is 54.9 Å². The lowest BCUT2D eigenvalue weighted by Crippen LogP contribution is -2.17. The van der Waals surface area contributed by atoms with Gasteiger partial charge in [0.15, 0.2) is 0 Å². The second-order valence-corrected chi connectivity index (χ2v) is 5.23. The van der Waals surface area contributed by atoms with Crippen LogP contribution >= 0.6 is 0 Å². The zero-order valence-electron chi connectivity index (χ0n) is 12.2. The molecular formula is C18H19N3. The summed E-state index contributed by atoms with van der Waals surface area (Å²) in [6.07, 6.45) is 4.73. The van der Waals surface area contributed by atoms with Crippen molar-refractivity contribution in [3.05, 3.63) is 71.7 Å². The van der Waals surface area contributed by atoms with Crippen molar-refractivity contribution in [1.82, 2.24) is 15.3 Å². The van der Waals surface area contributed by atoms with Gasteiger partial charge in [-0.05, 0) is 49.2 Å². The number of pyridine rings is 2. The van der Waals surface area contributed by atoms with Gasteiger partial charge in [0.25, 0.3) is 0 Å². The van der Waals surface area contributed by atoms with Gasteiger partial charge >= 0.3 is 0 Å². The Morgan fingerprint density at radius 1 is 1.10 bits per heavy atom. The molecule has 3 heteroatoms. The molecule has 106 valence electrons. The van der Waals surface area contributed by atoms with Gasteiger partial charge in [0.05, 0.1) is 5.52 Å². The highest BCUT2D eigenvalue weighted by molar-refractivity contribution is 5.82. The number of nitrogens with one attached hydrogen (secondary N) is 1. The van der Waals surface area contributed by atoms with Crippen LogP contribution < -0.4 is 5.32 Å². The lowest BCUT2D eigenvalue weighted by molar-refractivity contribution is 0.688. The first-order valence-electron chi connectivity index (χ1n) is 7.28. The number of para-hydroxylation sites is 1. The largest absolute Gasteiger partial charge is 0.312 e. The number of aromatic nitrogens is 2. The lowest BCUT2D eigenvalue weighted by Gasteiger charge is -2.09. The van der Waals surface area contributed by atoms with Gasteiger partial charge in [0.1, 0.15) is 0 Å². The molecule has 0 bridgehead atoms. The van der Waals surface area contributed by atoms with Crippen LogP contribution in [0.3, 0.4) is 0 Å². The topological polar surface area (TPSA) is 37.8 Å². The summed E-state index contributed by atoms with van der Waals surface area (Å²) >= 11 is 0. The lowest BCUT2D eigenvalue weighted by atomic mass is 10.1. The van der Waals surface area contributed by atoms with Crippen LogP contribution in [-0.2, 0) is 13.0 Å². The van der Waals surface area contributed by atoms with E-state index in [1.54, 1.807) is 0 Å². The second-order valence-electron chi connectivity index (χ2n) is 5.23. The molecule has 1 N–H and O–H groups in total. The van der Waals surface area contributed by atoms with Crippen LogP contribution in [-0.4, -0.2) is 16.5 Å². The van der Waals surface area contributed by atoms with Crippen LogP contribution in [0.5, 0.6) is 0 Å². The maximum Gasteiger partial charge on any atom is 0.0708 e. The molecule has 0 aliphatic rings. The van der Waals surface area contributed by atoms with E-state index in [0.29, 0.717) is 0 Å². The third-order valence-electron chi connectivity index (χ3n) is 3.56. The van der Waals surface area contributed by atoms with Crippen LogP contribution in [0.2, 0.25) is 0 Å². The monoisotopic (exact) mass is 277 g/mol. The van der Waals surface area contributed by atoms with Crippen molar-refractivity contribution in [1.29, 1.82) is 0 Å². The van der Waals surface area contributed by atoms with E-state index < -0.39 is 0 Å². The third-order valence-corrected chi connectivity index (χ3v) is 3.56. The van der Waals surface area contributed by atoms with Crippen molar-refractivity contribution in [2.75, 3.05) is 6.54 Å². The Labute approximate surface area is 125 Å².